The zero-order chi connectivity index (χ0) is 15.1. The first-order valence-corrected chi connectivity index (χ1v) is 6.52. The first kappa shape index (κ1) is 16.7. The van der Waals surface area contributed by atoms with Crippen molar-refractivity contribution in [2.24, 2.45) is 0 Å². The van der Waals surface area contributed by atoms with Gasteiger partial charge in [0, 0.05) is 27.0 Å². The summed E-state index contributed by atoms with van der Waals surface area (Å²) in [5.74, 6) is -0.530. The van der Waals surface area contributed by atoms with E-state index in [0.717, 1.165) is 0 Å². The molecule has 0 radical (unpaired) electrons. The van der Waals surface area contributed by atoms with Crippen molar-refractivity contribution in [3.8, 4) is 0 Å². The van der Waals surface area contributed by atoms with Gasteiger partial charge in [0.05, 0.1) is 29.8 Å². The molecule has 1 heterocycles. The Morgan fingerprint density at radius 1 is 1.50 bits per heavy atom. The van der Waals surface area contributed by atoms with Crippen LogP contribution < -0.4 is 4.90 Å². The first-order valence-electron chi connectivity index (χ1n) is 6.14. The summed E-state index contributed by atoms with van der Waals surface area (Å²) in [5, 5.41) is 9.22. The van der Waals surface area contributed by atoms with Crippen LogP contribution in [0.3, 0.4) is 0 Å². The summed E-state index contributed by atoms with van der Waals surface area (Å²) in [5.41, 5.74) is 0.0600. The smallest absolute Gasteiger partial charge is 0.337 e. The van der Waals surface area contributed by atoms with Gasteiger partial charge in [0.1, 0.15) is 5.82 Å². The molecule has 0 aliphatic rings. The predicted molar refractivity (Wildman–Crippen MR) is 76.8 cm³/mol. The molecule has 112 valence electrons. The minimum absolute atomic E-state index is 0.0378. The summed E-state index contributed by atoms with van der Waals surface area (Å²) in [6, 6.07) is 1.43. The minimum Gasteiger partial charge on any atom is -0.478 e. The van der Waals surface area contributed by atoms with Gasteiger partial charge in [-0.2, -0.15) is 0 Å². The maximum Gasteiger partial charge on any atom is 0.337 e. The minimum atomic E-state index is -1.06. The predicted octanol–water partition coefficient (Wildman–Crippen LogP) is 1.92. The number of halogens is 1. The summed E-state index contributed by atoms with van der Waals surface area (Å²) < 4.78 is 10.2. The van der Waals surface area contributed by atoms with Gasteiger partial charge < -0.3 is 19.5 Å². The van der Waals surface area contributed by atoms with Crippen LogP contribution in [0, 0.1) is 0 Å². The highest BCUT2D eigenvalue weighted by Gasteiger charge is 2.19. The largest absolute Gasteiger partial charge is 0.478 e. The Hall–Kier alpha value is -1.37. The number of carboxylic acids is 1. The van der Waals surface area contributed by atoms with Crippen LogP contribution in [-0.2, 0) is 9.47 Å². The third-order valence-electron chi connectivity index (χ3n) is 2.82. The van der Waals surface area contributed by atoms with E-state index in [0.29, 0.717) is 30.6 Å². The van der Waals surface area contributed by atoms with Crippen molar-refractivity contribution in [3.63, 3.8) is 0 Å². The molecular formula is C13H19ClN2O4. The second kappa shape index (κ2) is 8.04. The van der Waals surface area contributed by atoms with E-state index in [4.69, 9.17) is 26.2 Å². The molecule has 0 spiro atoms. The van der Waals surface area contributed by atoms with Crippen molar-refractivity contribution in [1.29, 1.82) is 0 Å². The number of hydrogen-bond donors (Lipinski definition) is 1. The summed E-state index contributed by atoms with van der Waals surface area (Å²) in [6.07, 6.45) is 1.29. The first-order chi connectivity index (χ1) is 9.51. The second-order valence-corrected chi connectivity index (χ2v) is 4.73. The lowest BCUT2D eigenvalue weighted by atomic mass is 10.2. The summed E-state index contributed by atoms with van der Waals surface area (Å²) >= 11 is 6.14. The van der Waals surface area contributed by atoms with Gasteiger partial charge in [0.15, 0.2) is 0 Å². The monoisotopic (exact) mass is 302 g/mol. The van der Waals surface area contributed by atoms with Gasteiger partial charge in [-0.3, -0.25) is 0 Å². The van der Waals surface area contributed by atoms with Crippen molar-refractivity contribution >= 4 is 23.4 Å². The van der Waals surface area contributed by atoms with Gasteiger partial charge in [-0.25, -0.2) is 9.78 Å². The average Bonchev–Trinajstić information content (AvgIpc) is 2.40. The molecular weight excluding hydrogens is 284 g/mol. The molecule has 0 aromatic carbocycles. The van der Waals surface area contributed by atoms with Crippen LogP contribution >= 0.6 is 11.6 Å². The van der Waals surface area contributed by atoms with Gasteiger partial charge >= 0.3 is 5.97 Å². The number of nitrogens with zero attached hydrogens (tertiary/aromatic N) is 2. The van der Waals surface area contributed by atoms with Crippen LogP contribution in [0.25, 0.3) is 0 Å². The number of carboxylic acid groups (broad SMARTS) is 1. The molecule has 0 aliphatic heterocycles. The number of pyridine rings is 1. The van der Waals surface area contributed by atoms with E-state index in [1.165, 1.54) is 12.3 Å². The molecule has 20 heavy (non-hydrogen) atoms. The van der Waals surface area contributed by atoms with Crippen LogP contribution in [0.4, 0.5) is 5.82 Å². The van der Waals surface area contributed by atoms with Crippen LogP contribution in [-0.4, -0.2) is 56.1 Å². The molecule has 0 amide bonds. The van der Waals surface area contributed by atoms with E-state index in [1.807, 2.05) is 11.8 Å². The Balaban J connectivity index is 3.03. The fourth-order valence-electron chi connectivity index (χ4n) is 1.81. The van der Waals surface area contributed by atoms with Gasteiger partial charge in [0.2, 0.25) is 0 Å². The average molecular weight is 303 g/mol. The van der Waals surface area contributed by atoms with Crippen molar-refractivity contribution in [2.75, 3.05) is 38.9 Å². The van der Waals surface area contributed by atoms with Gasteiger partial charge in [0.25, 0.3) is 0 Å². The lowest BCUT2D eigenvalue weighted by Gasteiger charge is -2.30. The molecule has 0 aliphatic carbocycles. The number of anilines is 1. The number of carbonyl (C=O) groups is 1. The van der Waals surface area contributed by atoms with Gasteiger partial charge in [-0.15, -0.1) is 0 Å². The Morgan fingerprint density at radius 2 is 2.20 bits per heavy atom. The molecule has 7 heteroatoms. The maximum atomic E-state index is 10.9. The number of hydrogen-bond acceptors (Lipinski definition) is 5. The fraction of sp³-hybridized carbons (Fsp3) is 0.538. The van der Waals surface area contributed by atoms with E-state index >= 15 is 0 Å². The van der Waals surface area contributed by atoms with Crippen molar-refractivity contribution in [3.05, 3.63) is 22.8 Å². The molecule has 0 fully saturated rings. The van der Waals surface area contributed by atoms with E-state index in [9.17, 15) is 4.79 Å². The Labute approximate surface area is 123 Å². The third kappa shape index (κ3) is 4.33. The van der Waals surface area contributed by atoms with Gasteiger partial charge in [-0.1, -0.05) is 11.6 Å². The Bertz CT molecular complexity index is 456. The topological polar surface area (TPSA) is 71.9 Å². The maximum absolute atomic E-state index is 10.9. The lowest BCUT2D eigenvalue weighted by Crippen LogP contribution is -2.39. The highest BCUT2D eigenvalue weighted by Crippen LogP contribution is 2.25. The Kier molecular flexibility index (Phi) is 6.70. The normalized spacial score (nSPS) is 12.2. The number of rotatable bonds is 8. The summed E-state index contributed by atoms with van der Waals surface area (Å²) in [6.45, 7) is 3.57. The van der Waals surface area contributed by atoms with Crippen molar-refractivity contribution in [2.45, 2.75) is 13.0 Å². The fourth-order valence-corrected chi connectivity index (χ4v) is 2.09. The number of methoxy groups -OCH3 is 2. The molecule has 6 nitrogen and oxygen atoms in total. The van der Waals surface area contributed by atoms with E-state index in [2.05, 4.69) is 4.98 Å². The molecule has 1 atom stereocenters. The SMILES string of the molecule is COCCN(c1ncc(C(=O)O)cc1Cl)C(C)COC. The number of ether oxygens (including phenoxy) is 2. The standard InChI is InChI=1S/C13H19ClN2O4/c1-9(8-20-3)16(4-5-19-2)12-11(14)6-10(7-15-12)13(17)18/h6-7,9H,4-5,8H2,1-3H3,(H,17,18). The quantitative estimate of drug-likeness (QED) is 0.791. The highest BCUT2D eigenvalue weighted by molar-refractivity contribution is 6.33. The zero-order valence-corrected chi connectivity index (χ0v) is 12.6. The zero-order valence-electron chi connectivity index (χ0n) is 11.8. The molecule has 0 saturated heterocycles. The third-order valence-corrected chi connectivity index (χ3v) is 3.10. The van der Waals surface area contributed by atoms with Gasteiger partial charge in [-0.05, 0) is 13.0 Å². The number of aromatic nitrogens is 1. The van der Waals surface area contributed by atoms with Crippen molar-refractivity contribution < 1.29 is 19.4 Å². The lowest BCUT2D eigenvalue weighted by molar-refractivity contribution is 0.0696. The Morgan fingerprint density at radius 3 is 2.70 bits per heavy atom. The molecule has 1 N–H and O–H groups in total. The molecule has 1 rings (SSSR count). The van der Waals surface area contributed by atoms with Crippen LogP contribution in [0.1, 0.15) is 17.3 Å². The summed E-state index contributed by atoms with van der Waals surface area (Å²) in [7, 11) is 3.23. The number of aromatic carboxylic acids is 1. The molecule has 1 aromatic rings. The van der Waals surface area contributed by atoms with Crippen LogP contribution in [0.2, 0.25) is 5.02 Å². The van der Waals surface area contributed by atoms with E-state index < -0.39 is 5.97 Å². The van der Waals surface area contributed by atoms with E-state index in [1.54, 1.807) is 14.2 Å². The van der Waals surface area contributed by atoms with Crippen molar-refractivity contribution in [1.82, 2.24) is 4.98 Å². The molecule has 1 aromatic heterocycles. The molecule has 0 saturated carbocycles. The molecule has 0 bridgehead atoms. The highest BCUT2D eigenvalue weighted by atomic mass is 35.5. The van der Waals surface area contributed by atoms with E-state index in [-0.39, 0.29) is 11.6 Å². The van der Waals surface area contributed by atoms with Crippen LogP contribution in [0.5, 0.6) is 0 Å². The summed E-state index contributed by atoms with van der Waals surface area (Å²) in [4.78, 5) is 17.0. The van der Waals surface area contributed by atoms with Crippen LogP contribution in [0.15, 0.2) is 12.3 Å². The second-order valence-electron chi connectivity index (χ2n) is 4.33. The molecule has 1 unspecified atom stereocenters.